The number of aliphatic imine (C=N–C) groups is 1. The third-order valence-corrected chi connectivity index (χ3v) is 1.67. The molecule has 0 amide bonds. The molecule has 1 aromatic rings. The number of carbonyl (C=O) groups excluding carboxylic acids is 1. The summed E-state index contributed by atoms with van der Waals surface area (Å²) >= 11 is 0. The fourth-order valence-corrected chi connectivity index (χ4v) is 1.07. The van der Waals surface area contributed by atoms with E-state index in [-0.39, 0.29) is 0 Å². The maximum Gasteiger partial charge on any atom is 0.418 e. The molecule has 0 aliphatic carbocycles. The zero-order valence-corrected chi connectivity index (χ0v) is 7.96. The number of alkyl halides is 5. The van der Waals surface area contributed by atoms with Crippen molar-refractivity contribution in [3.05, 3.63) is 23.8 Å². The fourth-order valence-electron chi connectivity index (χ4n) is 1.07. The zero-order chi connectivity index (χ0) is 13.1. The first-order valence-electron chi connectivity index (χ1n) is 4.08. The van der Waals surface area contributed by atoms with Gasteiger partial charge in [0.15, 0.2) is 0 Å². The number of isocyanates is 1. The van der Waals surface area contributed by atoms with Gasteiger partial charge in [0.2, 0.25) is 6.08 Å². The van der Waals surface area contributed by atoms with Crippen LogP contribution in [0.15, 0.2) is 23.2 Å². The molecule has 8 heteroatoms. The van der Waals surface area contributed by atoms with E-state index in [2.05, 4.69) is 9.73 Å². The van der Waals surface area contributed by atoms with Crippen molar-refractivity contribution in [2.75, 3.05) is 0 Å². The fraction of sp³-hybridized carbons (Fsp3) is 0.222. The van der Waals surface area contributed by atoms with Gasteiger partial charge in [-0.3, -0.25) is 0 Å². The van der Waals surface area contributed by atoms with Crippen molar-refractivity contribution in [3.8, 4) is 5.75 Å². The molecule has 0 aliphatic heterocycles. The molecule has 3 nitrogen and oxygen atoms in total. The van der Waals surface area contributed by atoms with Gasteiger partial charge in [-0.15, -0.1) is 0 Å². The maximum atomic E-state index is 12.4. The Labute approximate surface area is 91.5 Å². The van der Waals surface area contributed by atoms with Gasteiger partial charge in [-0.2, -0.15) is 26.9 Å². The molecule has 0 heterocycles. The average molecular weight is 253 g/mol. The number of benzene rings is 1. The second-order valence-corrected chi connectivity index (χ2v) is 2.76. The Bertz CT molecular complexity index is 451. The first kappa shape index (κ1) is 13.1. The van der Waals surface area contributed by atoms with E-state index in [0.29, 0.717) is 18.2 Å². The molecule has 1 aromatic carbocycles. The van der Waals surface area contributed by atoms with E-state index in [9.17, 15) is 26.7 Å². The predicted octanol–water partition coefficient (Wildman–Crippen LogP) is 3.27. The summed E-state index contributed by atoms with van der Waals surface area (Å²) in [6.45, 7) is -3.18. The molecule has 0 radical (unpaired) electrons. The third-order valence-electron chi connectivity index (χ3n) is 1.67. The molecular weight excluding hydrogens is 249 g/mol. The average Bonchev–Trinajstić information content (AvgIpc) is 2.15. The van der Waals surface area contributed by atoms with Gasteiger partial charge in [-0.25, -0.2) is 4.79 Å². The van der Waals surface area contributed by atoms with E-state index in [1.807, 2.05) is 0 Å². The standard InChI is InChI=1S/C9H4F5NO2/c10-8(11)17-5-1-2-6(9(12,13)14)7(3-5)15-4-16/h1-3,8H. The van der Waals surface area contributed by atoms with Crippen LogP contribution in [-0.4, -0.2) is 12.7 Å². The number of halogens is 5. The highest BCUT2D eigenvalue weighted by Crippen LogP contribution is 2.38. The minimum Gasteiger partial charge on any atom is -0.435 e. The first-order valence-corrected chi connectivity index (χ1v) is 4.08. The molecule has 0 bridgehead atoms. The molecule has 0 aliphatic rings. The van der Waals surface area contributed by atoms with Gasteiger partial charge in [0.05, 0.1) is 11.3 Å². The van der Waals surface area contributed by atoms with Crippen LogP contribution in [-0.2, 0) is 11.0 Å². The van der Waals surface area contributed by atoms with Crippen LogP contribution in [0.5, 0.6) is 5.75 Å². The minimum absolute atomic E-state index is 0.494. The number of hydrogen-bond acceptors (Lipinski definition) is 3. The molecule has 0 spiro atoms. The molecule has 0 fully saturated rings. The highest BCUT2D eigenvalue weighted by molar-refractivity contribution is 5.57. The monoisotopic (exact) mass is 253 g/mol. The normalized spacial score (nSPS) is 11.2. The van der Waals surface area contributed by atoms with Crippen LogP contribution in [0.1, 0.15) is 5.56 Å². The zero-order valence-electron chi connectivity index (χ0n) is 7.96. The van der Waals surface area contributed by atoms with Crippen LogP contribution >= 0.6 is 0 Å². The van der Waals surface area contributed by atoms with E-state index in [0.717, 1.165) is 6.08 Å². The van der Waals surface area contributed by atoms with Gasteiger partial charge in [0, 0.05) is 6.07 Å². The van der Waals surface area contributed by atoms with Gasteiger partial charge in [-0.1, -0.05) is 0 Å². The Hall–Kier alpha value is -1.95. The van der Waals surface area contributed by atoms with Crippen molar-refractivity contribution in [2.24, 2.45) is 4.99 Å². The van der Waals surface area contributed by atoms with Crippen LogP contribution in [0.4, 0.5) is 27.6 Å². The van der Waals surface area contributed by atoms with Gasteiger partial charge in [0.1, 0.15) is 5.75 Å². The Kier molecular flexibility index (Phi) is 3.80. The van der Waals surface area contributed by atoms with Crippen LogP contribution in [0.3, 0.4) is 0 Å². The molecule has 0 aromatic heterocycles. The van der Waals surface area contributed by atoms with Crippen molar-refractivity contribution in [1.82, 2.24) is 0 Å². The van der Waals surface area contributed by atoms with Crippen molar-refractivity contribution < 1.29 is 31.5 Å². The number of nitrogens with zero attached hydrogens (tertiary/aromatic N) is 1. The topological polar surface area (TPSA) is 38.7 Å². The highest BCUT2D eigenvalue weighted by atomic mass is 19.4. The second kappa shape index (κ2) is 4.92. The summed E-state index contributed by atoms with van der Waals surface area (Å²) in [7, 11) is 0. The predicted molar refractivity (Wildman–Crippen MR) is 45.9 cm³/mol. The van der Waals surface area contributed by atoms with Crippen molar-refractivity contribution in [1.29, 1.82) is 0 Å². The molecule has 17 heavy (non-hydrogen) atoms. The van der Waals surface area contributed by atoms with Gasteiger partial charge in [0.25, 0.3) is 0 Å². The number of hydrogen-bond donors (Lipinski definition) is 0. The van der Waals surface area contributed by atoms with Crippen molar-refractivity contribution in [3.63, 3.8) is 0 Å². The molecular formula is C9H4F5NO2. The Morgan fingerprint density at radius 3 is 2.41 bits per heavy atom. The maximum absolute atomic E-state index is 12.4. The molecule has 0 atom stereocenters. The summed E-state index contributed by atoms with van der Waals surface area (Å²) < 4.78 is 64.7. The van der Waals surface area contributed by atoms with Gasteiger partial charge in [-0.05, 0) is 12.1 Å². The summed E-state index contributed by atoms with van der Waals surface area (Å²) in [4.78, 5) is 12.7. The lowest BCUT2D eigenvalue weighted by Crippen LogP contribution is -2.06. The Balaban J connectivity index is 3.22. The summed E-state index contributed by atoms with van der Waals surface area (Å²) in [6.07, 6.45) is -3.84. The SMILES string of the molecule is O=C=Nc1cc(OC(F)F)ccc1C(F)(F)F. The smallest absolute Gasteiger partial charge is 0.418 e. The van der Waals surface area contributed by atoms with E-state index < -0.39 is 29.8 Å². The third kappa shape index (κ3) is 3.53. The molecule has 92 valence electrons. The summed E-state index contributed by atoms with van der Waals surface area (Å²) in [5.41, 5.74) is -2.06. The van der Waals surface area contributed by atoms with Crippen molar-refractivity contribution >= 4 is 11.8 Å². The van der Waals surface area contributed by atoms with Crippen LogP contribution < -0.4 is 4.74 Å². The lowest BCUT2D eigenvalue weighted by atomic mass is 10.1. The van der Waals surface area contributed by atoms with E-state index >= 15 is 0 Å². The number of rotatable bonds is 3. The molecule has 0 saturated carbocycles. The Morgan fingerprint density at radius 2 is 1.94 bits per heavy atom. The van der Waals surface area contributed by atoms with Crippen molar-refractivity contribution in [2.45, 2.75) is 12.8 Å². The summed E-state index contributed by atoms with van der Waals surface area (Å²) in [6, 6.07) is 1.78. The summed E-state index contributed by atoms with van der Waals surface area (Å²) in [5, 5.41) is 0. The molecule has 1 rings (SSSR count). The van der Waals surface area contributed by atoms with Gasteiger partial charge < -0.3 is 4.74 Å². The summed E-state index contributed by atoms with van der Waals surface area (Å²) in [5.74, 6) is -0.526. The van der Waals surface area contributed by atoms with Crippen LogP contribution in [0.25, 0.3) is 0 Å². The minimum atomic E-state index is -4.75. The lowest BCUT2D eigenvalue weighted by Gasteiger charge is -2.10. The molecule has 0 unspecified atom stereocenters. The van der Waals surface area contributed by atoms with Crippen LogP contribution in [0, 0.1) is 0 Å². The Morgan fingerprint density at radius 1 is 1.29 bits per heavy atom. The van der Waals surface area contributed by atoms with Gasteiger partial charge >= 0.3 is 12.8 Å². The van der Waals surface area contributed by atoms with E-state index in [4.69, 9.17) is 0 Å². The lowest BCUT2D eigenvalue weighted by molar-refractivity contribution is -0.137. The van der Waals surface area contributed by atoms with E-state index in [1.165, 1.54) is 0 Å². The molecule has 0 N–H and O–H groups in total. The largest absolute Gasteiger partial charge is 0.435 e. The van der Waals surface area contributed by atoms with Crippen LogP contribution in [0.2, 0.25) is 0 Å². The second-order valence-electron chi connectivity index (χ2n) is 2.76. The quantitative estimate of drug-likeness (QED) is 0.471. The van der Waals surface area contributed by atoms with E-state index in [1.54, 1.807) is 0 Å². The highest BCUT2D eigenvalue weighted by Gasteiger charge is 2.33. The molecule has 0 saturated heterocycles. The number of ether oxygens (including phenoxy) is 1. The first-order chi connectivity index (χ1) is 7.84.